The Kier molecular flexibility index (Phi) is 5.42. The predicted octanol–water partition coefficient (Wildman–Crippen LogP) is 4.71. The first-order valence-corrected chi connectivity index (χ1v) is 10.3. The summed E-state index contributed by atoms with van der Waals surface area (Å²) in [6, 6.07) is 17.3. The largest absolute Gasteiger partial charge is 0.350 e. The van der Waals surface area contributed by atoms with Crippen LogP contribution in [0.5, 0.6) is 0 Å². The van der Waals surface area contributed by atoms with Crippen LogP contribution < -0.4 is 5.32 Å². The van der Waals surface area contributed by atoms with Crippen LogP contribution in [-0.4, -0.2) is 21.7 Å². The van der Waals surface area contributed by atoms with Gasteiger partial charge in [0.15, 0.2) is 0 Å². The Labute approximate surface area is 182 Å². The number of nitrogens with one attached hydrogen (secondary N) is 1. The van der Waals surface area contributed by atoms with Gasteiger partial charge in [-0.3, -0.25) is 19.5 Å². The summed E-state index contributed by atoms with van der Waals surface area (Å²) in [6.07, 6.45) is 1.66. The first-order valence-electron chi connectivity index (χ1n) is 10.3. The topological polar surface area (TPSA) is 62.3 Å². The molecule has 0 fully saturated rings. The first-order chi connectivity index (χ1) is 14.9. The lowest BCUT2D eigenvalue weighted by Gasteiger charge is -2.15. The van der Waals surface area contributed by atoms with Crippen molar-refractivity contribution in [3.8, 4) is 0 Å². The van der Waals surface area contributed by atoms with Crippen LogP contribution in [0.25, 0.3) is 5.57 Å². The van der Waals surface area contributed by atoms with Crippen LogP contribution in [0.4, 0.5) is 5.69 Å². The minimum atomic E-state index is -0.341. The number of aryl methyl sites for hydroxylation is 3. The molecule has 1 aliphatic heterocycles. The second kappa shape index (κ2) is 8.19. The molecule has 5 heteroatoms. The molecular formula is C26H25N3O2. The van der Waals surface area contributed by atoms with E-state index in [1.807, 2.05) is 82.3 Å². The number of hydrogen-bond acceptors (Lipinski definition) is 4. The number of rotatable bonds is 5. The maximum absolute atomic E-state index is 13.5. The van der Waals surface area contributed by atoms with E-state index >= 15 is 0 Å². The second-order valence-corrected chi connectivity index (χ2v) is 7.96. The van der Waals surface area contributed by atoms with Crippen molar-refractivity contribution in [1.82, 2.24) is 9.88 Å². The molecule has 2 amide bonds. The van der Waals surface area contributed by atoms with Gasteiger partial charge in [0.1, 0.15) is 5.70 Å². The molecule has 4 rings (SSSR count). The summed E-state index contributed by atoms with van der Waals surface area (Å²) in [5.74, 6) is -0.651. The lowest BCUT2D eigenvalue weighted by atomic mass is 9.97. The fourth-order valence-electron chi connectivity index (χ4n) is 3.85. The van der Waals surface area contributed by atoms with Crippen LogP contribution in [0.15, 0.2) is 66.5 Å². The van der Waals surface area contributed by atoms with Crippen LogP contribution >= 0.6 is 0 Å². The van der Waals surface area contributed by atoms with Gasteiger partial charge in [0.25, 0.3) is 11.8 Å². The first kappa shape index (κ1) is 20.5. The van der Waals surface area contributed by atoms with Gasteiger partial charge in [-0.25, -0.2) is 0 Å². The van der Waals surface area contributed by atoms with E-state index in [4.69, 9.17) is 0 Å². The summed E-state index contributed by atoms with van der Waals surface area (Å²) < 4.78 is 0. The van der Waals surface area contributed by atoms with Crippen molar-refractivity contribution in [3.05, 3.63) is 100 Å². The fraction of sp³-hybridized carbons (Fsp3) is 0.192. The Morgan fingerprint density at radius 1 is 0.871 bits per heavy atom. The summed E-state index contributed by atoms with van der Waals surface area (Å²) in [6.45, 7) is 8.13. The van der Waals surface area contributed by atoms with Gasteiger partial charge in [-0.05, 0) is 68.1 Å². The minimum Gasteiger partial charge on any atom is -0.350 e. The average molecular weight is 412 g/mol. The Bertz CT molecular complexity index is 1210. The minimum absolute atomic E-state index is 0.130. The molecule has 0 atom stereocenters. The molecule has 0 saturated carbocycles. The van der Waals surface area contributed by atoms with Gasteiger partial charge in [0.2, 0.25) is 0 Å². The van der Waals surface area contributed by atoms with E-state index in [9.17, 15) is 9.59 Å². The zero-order chi connectivity index (χ0) is 22.1. The van der Waals surface area contributed by atoms with E-state index in [1.165, 1.54) is 4.90 Å². The molecule has 1 aliphatic rings. The average Bonchev–Trinajstić information content (AvgIpc) is 2.97. The van der Waals surface area contributed by atoms with E-state index < -0.39 is 0 Å². The zero-order valence-corrected chi connectivity index (χ0v) is 18.2. The Balaban J connectivity index is 1.81. The molecule has 0 aliphatic carbocycles. The van der Waals surface area contributed by atoms with Crippen molar-refractivity contribution in [1.29, 1.82) is 0 Å². The Hall–Kier alpha value is -3.73. The summed E-state index contributed by atoms with van der Waals surface area (Å²) in [5, 5.41) is 3.28. The molecule has 156 valence electrons. The predicted molar refractivity (Wildman–Crippen MR) is 122 cm³/mol. The number of anilines is 1. The normalized spacial score (nSPS) is 13.9. The summed E-state index contributed by atoms with van der Waals surface area (Å²) in [4.78, 5) is 32.5. The maximum atomic E-state index is 13.5. The molecule has 2 heterocycles. The van der Waals surface area contributed by atoms with Crippen LogP contribution in [0.2, 0.25) is 0 Å². The maximum Gasteiger partial charge on any atom is 0.278 e. The fourth-order valence-corrected chi connectivity index (χ4v) is 3.85. The smallest absolute Gasteiger partial charge is 0.278 e. The van der Waals surface area contributed by atoms with Crippen molar-refractivity contribution >= 4 is 23.1 Å². The van der Waals surface area contributed by atoms with Gasteiger partial charge in [-0.2, -0.15) is 0 Å². The molecule has 0 unspecified atom stereocenters. The molecule has 0 spiro atoms. The molecule has 5 nitrogen and oxygen atoms in total. The van der Waals surface area contributed by atoms with Gasteiger partial charge in [-0.15, -0.1) is 0 Å². The summed E-state index contributed by atoms with van der Waals surface area (Å²) in [5.41, 5.74) is 7.17. The quantitative estimate of drug-likeness (QED) is 0.618. The van der Waals surface area contributed by atoms with Gasteiger partial charge in [0, 0.05) is 11.9 Å². The van der Waals surface area contributed by atoms with Crippen molar-refractivity contribution in [2.75, 3.05) is 5.32 Å². The number of benzene rings is 2. The lowest BCUT2D eigenvalue weighted by molar-refractivity contribution is -0.137. The number of nitrogens with zero attached hydrogens (tertiary/aromatic N) is 2. The molecule has 2 aromatic carbocycles. The Morgan fingerprint density at radius 3 is 2.39 bits per heavy atom. The number of amides is 2. The van der Waals surface area contributed by atoms with Crippen LogP contribution in [0.3, 0.4) is 0 Å². The van der Waals surface area contributed by atoms with Crippen molar-refractivity contribution in [2.45, 2.75) is 34.2 Å². The highest BCUT2D eigenvalue weighted by molar-refractivity contribution is 6.36. The summed E-state index contributed by atoms with van der Waals surface area (Å²) >= 11 is 0. The molecule has 0 bridgehead atoms. The molecule has 0 saturated heterocycles. The Morgan fingerprint density at radius 2 is 1.68 bits per heavy atom. The number of carbonyl (C=O) groups excluding carboxylic acids is 2. The highest BCUT2D eigenvalue weighted by Gasteiger charge is 2.40. The van der Waals surface area contributed by atoms with E-state index in [0.29, 0.717) is 17.0 Å². The van der Waals surface area contributed by atoms with E-state index in [2.05, 4.69) is 10.3 Å². The highest BCUT2D eigenvalue weighted by atomic mass is 16.2. The van der Waals surface area contributed by atoms with Gasteiger partial charge < -0.3 is 5.32 Å². The lowest BCUT2D eigenvalue weighted by Crippen LogP contribution is -2.32. The van der Waals surface area contributed by atoms with Crippen molar-refractivity contribution < 1.29 is 9.59 Å². The molecule has 1 aromatic heterocycles. The molecule has 1 N–H and O–H groups in total. The number of imide groups is 1. The highest BCUT2D eigenvalue weighted by Crippen LogP contribution is 2.34. The molecule has 31 heavy (non-hydrogen) atoms. The number of hydrogen-bond donors (Lipinski definition) is 1. The third kappa shape index (κ3) is 3.87. The van der Waals surface area contributed by atoms with E-state index in [0.717, 1.165) is 33.5 Å². The molecule has 3 aromatic rings. The second-order valence-electron chi connectivity index (χ2n) is 7.96. The van der Waals surface area contributed by atoms with Gasteiger partial charge in [-0.1, -0.05) is 42.0 Å². The third-order valence-electron chi connectivity index (χ3n) is 5.73. The number of carbonyl (C=O) groups is 2. The molecular weight excluding hydrogens is 386 g/mol. The van der Waals surface area contributed by atoms with E-state index in [-0.39, 0.29) is 18.4 Å². The number of aromatic nitrogens is 1. The zero-order valence-electron chi connectivity index (χ0n) is 18.2. The van der Waals surface area contributed by atoms with E-state index in [1.54, 1.807) is 6.20 Å². The van der Waals surface area contributed by atoms with Crippen LogP contribution in [-0.2, 0) is 16.1 Å². The van der Waals surface area contributed by atoms with Crippen LogP contribution in [0.1, 0.15) is 33.5 Å². The summed E-state index contributed by atoms with van der Waals surface area (Å²) in [7, 11) is 0. The molecule has 0 radical (unpaired) electrons. The SMILES string of the molecule is Cc1ccc(C2=C(Nc3cccc(C)c3C)C(=O)N(Cc3ccccn3)C2=O)c(C)c1. The standard InChI is InChI=1S/C26H25N3O2/c1-16-11-12-21(18(3)14-16)23-24(28-22-10-7-8-17(2)19(22)4)26(31)29(25(23)30)15-20-9-5-6-13-27-20/h5-14,28H,15H2,1-4H3. The third-order valence-corrected chi connectivity index (χ3v) is 5.73. The van der Waals surface area contributed by atoms with Crippen molar-refractivity contribution in [2.24, 2.45) is 0 Å². The van der Waals surface area contributed by atoms with Gasteiger partial charge in [0.05, 0.1) is 17.8 Å². The van der Waals surface area contributed by atoms with Gasteiger partial charge >= 0.3 is 0 Å². The van der Waals surface area contributed by atoms with Crippen molar-refractivity contribution in [3.63, 3.8) is 0 Å². The van der Waals surface area contributed by atoms with Crippen LogP contribution in [0, 0.1) is 27.7 Å². The monoisotopic (exact) mass is 411 g/mol. The number of pyridine rings is 1.